The molecule has 8 heteroatoms. The van der Waals surface area contributed by atoms with E-state index in [1.54, 1.807) is 36.4 Å². The minimum atomic E-state index is -1.20. The Kier molecular flexibility index (Phi) is 6.14. The van der Waals surface area contributed by atoms with Gasteiger partial charge < -0.3 is 20.3 Å². The van der Waals surface area contributed by atoms with Crippen LogP contribution < -0.4 is 0 Å². The lowest BCUT2D eigenvalue weighted by molar-refractivity contribution is 0.0697. The largest absolute Gasteiger partial charge is 0.507 e. The number of aromatic carboxylic acids is 1. The van der Waals surface area contributed by atoms with E-state index in [2.05, 4.69) is 15.2 Å². The number of para-hydroxylation sites is 1. The van der Waals surface area contributed by atoms with Crippen molar-refractivity contribution in [3.63, 3.8) is 0 Å². The number of hydrogen-bond acceptors (Lipinski definition) is 5. The Morgan fingerprint density at radius 2 is 1.53 bits per heavy atom. The fraction of sp³-hybridized carbons (Fsp3) is 0.0357. The van der Waals surface area contributed by atoms with Crippen molar-refractivity contribution < 1.29 is 20.1 Å². The second-order valence-electron chi connectivity index (χ2n) is 8.20. The Morgan fingerprint density at radius 1 is 0.833 bits per heavy atom. The molecule has 7 nitrogen and oxygen atoms in total. The number of aromatic hydroxyl groups is 2. The SMILES string of the molecule is O=C(O)c1cccc(-c2ccccc2O)c1N=Nc1c(O)[nH]c2c(Cc3ccccc3)cc(Cl)cc12. The fourth-order valence-corrected chi connectivity index (χ4v) is 4.44. The lowest BCUT2D eigenvalue weighted by atomic mass is 9.99. The van der Waals surface area contributed by atoms with Gasteiger partial charge in [-0.25, -0.2) is 4.79 Å². The van der Waals surface area contributed by atoms with Gasteiger partial charge in [0.25, 0.3) is 0 Å². The Hall–Kier alpha value is -4.62. The molecule has 5 rings (SSSR count). The van der Waals surface area contributed by atoms with Crippen LogP contribution in [0.4, 0.5) is 11.4 Å². The summed E-state index contributed by atoms with van der Waals surface area (Å²) >= 11 is 6.40. The average molecular weight is 498 g/mol. The highest BCUT2D eigenvalue weighted by atomic mass is 35.5. The molecule has 4 aromatic carbocycles. The third-order valence-electron chi connectivity index (χ3n) is 5.86. The highest BCUT2D eigenvalue weighted by molar-refractivity contribution is 6.31. The maximum atomic E-state index is 12.0. The van der Waals surface area contributed by atoms with Crippen LogP contribution in [0.25, 0.3) is 22.0 Å². The molecule has 0 amide bonds. The van der Waals surface area contributed by atoms with Crippen LogP contribution in [-0.2, 0) is 6.42 Å². The number of rotatable bonds is 6. The standard InChI is InChI=1S/C28H20ClN3O4/c29-18-14-17(13-16-7-2-1-3-8-16)24-22(15-18)26(27(34)30-24)32-31-25-20(10-6-11-21(25)28(35)36)19-9-4-5-12-23(19)33/h1-12,14-15,30,33-34H,13H2,(H,35,36). The van der Waals surface area contributed by atoms with E-state index in [1.807, 2.05) is 36.4 Å². The molecule has 0 saturated heterocycles. The molecule has 5 aromatic rings. The number of nitrogens with one attached hydrogen (secondary N) is 1. The summed E-state index contributed by atoms with van der Waals surface area (Å²) in [6.45, 7) is 0. The summed E-state index contributed by atoms with van der Waals surface area (Å²) in [6.07, 6.45) is 0.577. The van der Waals surface area contributed by atoms with Crippen LogP contribution in [0.3, 0.4) is 0 Å². The first-order chi connectivity index (χ1) is 17.4. The predicted octanol–water partition coefficient (Wildman–Crippen LogP) is 7.60. The van der Waals surface area contributed by atoms with Crippen LogP contribution in [0.15, 0.2) is 95.2 Å². The van der Waals surface area contributed by atoms with Crippen molar-refractivity contribution in [1.82, 2.24) is 4.98 Å². The molecule has 0 fully saturated rings. The van der Waals surface area contributed by atoms with E-state index in [0.29, 0.717) is 33.5 Å². The quantitative estimate of drug-likeness (QED) is 0.180. The number of fused-ring (bicyclic) bond motifs is 1. The van der Waals surface area contributed by atoms with Crippen molar-refractivity contribution in [3.8, 4) is 22.8 Å². The number of azo groups is 1. The van der Waals surface area contributed by atoms with Crippen LogP contribution in [0.5, 0.6) is 11.6 Å². The monoisotopic (exact) mass is 497 g/mol. The number of halogens is 1. The molecule has 36 heavy (non-hydrogen) atoms. The lowest BCUT2D eigenvalue weighted by Crippen LogP contribution is -1.97. The van der Waals surface area contributed by atoms with Crippen molar-refractivity contribution in [2.24, 2.45) is 10.2 Å². The van der Waals surface area contributed by atoms with E-state index in [4.69, 9.17) is 11.6 Å². The molecule has 0 aliphatic rings. The Morgan fingerprint density at radius 3 is 2.28 bits per heavy atom. The minimum absolute atomic E-state index is 0.0243. The first kappa shape index (κ1) is 23.1. The van der Waals surface area contributed by atoms with Crippen molar-refractivity contribution in [2.75, 3.05) is 0 Å². The highest BCUT2D eigenvalue weighted by Gasteiger charge is 2.19. The Labute approximate surface area is 211 Å². The third kappa shape index (κ3) is 4.39. The van der Waals surface area contributed by atoms with E-state index in [9.17, 15) is 20.1 Å². The first-order valence-electron chi connectivity index (χ1n) is 11.1. The van der Waals surface area contributed by atoms with Gasteiger partial charge >= 0.3 is 5.97 Å². The molecule has 0 atom stereocenters. The summed E-state index contributed by atoms with van der Waals surface area (Å²) in [5, 5.41) is 40.3. The highest BCUT2D eigenvalue weighted by Crippen LogP contribution is 2.42. The van der Waals surface area contributed by atoms with Gasteiger partial charge in [0.05, 0.1) is 11.1 Å². The fourth-order valence-electron chi connectivity index (χ4n) is 4.20. The van der Waals surface area contributed by atoms with E-state index in [-0.39, 0.29) is 28.6 Å². The maximum Gasteiger partial charge on any atom is 0.337 e. The molecule has 0 radical (unpaired) electrons. The average Bonchev–Trinajstić information content (AvgIpc) is 3.18. The maximum absolute atomic E-state index is 12.0. The molecule has 0 bridgehead atoms. The Bertz CT molecular complexity index is 1630. The number of aromatic nitrogens is 1. The smallest absolute Gasteiger partial charge is 0.337 e. The normalized spacial score (nSPS) is 11.4. The van der Waals surface area contributed by atoms with Crippen molar-refractivity contribution >= 4 is 39.8 Å². The van der Waals surface area contributed by atoms with Gasteiger partial charge in [-0.2, -0.15) is 0 Å². The van der Waals surface area contributed by atoms with Crippen molar-refractivity contribution in [2.45, 2.75) is 6.42 Å². The molecule has 0 saturated carbocycles. The second kappa shape index (κ2) is 9.56. The zero-order chi connectivity index (χ0) is 25.2. The Balaban J connectivity index is 1.64. The molecule has 4 N–H and O–H groups in total. The number of aromatic amines is 1. The topological polar surface area (TPSA) is 118 Å². The number of carboxylic acid groups (broad SMARTS) is 1. The molecule has 0 aliphatic heterocycles. The first-order valence-corrected chi connectivity index (χ1v) is 11.4. The molecule has 178 valence electrons. The lowest BCUT2D eigenvalue weighted by Gasteiger charge is -2.09. The number of hydrogen-bond donors (Lipinski definition) is 4. The molecule has 0 aliphatic carbocycles. The predicted molar refractivity (Wildman–Crippen MR) is 139 cm³/mol. The molecule has 1 aromatic heterocycles. The van der Waals surface area contributed by atoms with Gasteiger partial charge in [-0.05, 0) is 41.8 Å². The van der Waals surface area contributed by atoms with Gasteiger partial charge in [-0.1, -0.05) is 72.3 Å². The van der Waals surface area contributed by atoms with Gasteiger partial charge in [0, 0.05) is 21.5 Å². The van der Waals surface area contributed by atoms with Crippen LogP contribution in [0.1, 0.15) is 21.5 Å². The second-order valence-corrected chi connectivity index (χ2v) is 8.63. The van der Waals surface area contributed by atoms with Gasteiger partial charge in [0.15, 0.2) is 5.69 Å². The number of H-pyrrole nitrogens is 1. The van der Waals surface area contributed by atoms with Crippen LogP contribution in [0.2, 0.25) is 5.02 Å². The van der Waals surface area contributed by atoms with Crippen molar-refractivity contribution in [1.29, 1.82) is 0 Å². The van der Waals surface area contributed by atoms with E-state index >= 15 is 0 Å². The number of nitrogens with zero attached hydrogens (tertiary/aromatic N) is 2. The minimum Gasteiger partial charge on any atom is -0.507 e. The number of carboxylic acids is 1. The van der Waals surface area contributed by atoms with Crippen LogP contribution in [-0.4, -0.2) is 26.3 Å². The summed E-state index contributed by atoms with van der Waals surface area (Å²) in [7, 11) is 0. The summed E-state index contributed by atoms with van der Waals surface area (Å²) in [5.74, 6) is -1.44. The van der Waals surface area contributed by atoms with Crippen LogP contribution >= 0.6 is 11.6 Å². The van der Waals surface area contributed by atoms with E-state index < -0.39 is 5.97 Å². The summed E-state index contributed by atoms with van der Waals surface area (Å²) in [4.78, 5) is 14.9. The molecule has 1 heterocycles. The molecule has 0 spiro atoms. The van der Waals surface area contributed by atoms with Gasteiger partial charge in [-0.3, -0.25) is 0 Å². The summed E-state index contributed by atoms with van der Waals surface area (Å²) in [5.41, 5.74) is 3.47. The molecular weight excluding hydrogens is 478 g/mol. The number of phenolic OH excluding ortho intramolecular Hbond substituents is 1. The third-order valence-corrected chi connectivity index (χ3v) is 6.07. The molecular formula is C28H20ClN3O4. The van der Waals surface area contributed by atoms with Crippen LogP contribution in [0, 0.1) is 0 Å². The molecule has 0 unspecified atom stereocenters. The summed E-state index contributed by atoms with van der Waals surface area (Å²) < 4.78 is 0. The van der Waals surface area contributed by atoms with Gasteiger partial charge in [-0.15, -0.1) is 10.2 Å². The van der Waals surface area contributed by atoms with Gasteiger partial charge in [0.2, 0.25) is 5.88 Å². The van der Waals surface area contributed by atoms with Gasteiger partial charge in [0.1, 0.15) is 11.4 Å². The number of benzene rings is 4. The number of phenols is 1. The number of carbonyl (C=O) groups is 1. The van der Waals surface area contributed by atoms with E-state index in [1.165, 1.54) is 12.1 Å². The summed E-state index contributed by atoms with van der Waals surface area (Å²) in [6, 6.07) is 24.5. The van der Waals surface area contributed by atoms with Crippen molar-refractivity contribution in [3.05, 3.63) is 107 Å². The zero-order valence-corrected chi connectivity index (χ0v) is 19.6. The van der Waals surface area contributed by atoms with E-state index in [0.717, 1.165) is 11.1 Å². The zero-order valence-electron chi connectivity index (χ0n) is 18.8.